The second kappa shape index (κ2) is 3.24. The number of halogens is 4. The van der Waals surface area contributed by atoms with Gasteiger partial charge in [0.2, 0.25) is 0 Å². The summed E-state index contributed by atoms with van der Waals surface area (Å²) >= 11 is 3.02. The van der Waals surface area contributed by atoms with Gasteiger partial charge in [-0.1, -0.05) is 22.0 Å². The molecule has 0 amide bonds. The van der Waals surface area contributed by atoms with Crippen LogP contribution in [0.15, 0.2) is 22.7 Å². The monoisotopic (exact) mass is 266 g/mol. The van der Waals surface area contributed by atoms with Crippen molar-refractivity contribution in [1.82, 2.24) is 0 Å². The second-order valence-corrected chi connectivity index (χ2v) is 3.97. The smallest absolute Gasteiger partial charge is 0.368 e. The van der Waals surface area contributed by atoms with Gasteiger partial charge < -0.3 is 4.74 Å². The lowest BCUT2D eigenvalue weighted by Gasteiger charge is -2.11. The van der Waals surface area contributed by atoms with E-state index in [9.17, 15) is 13.2 Å². The highest BCUT2D eigenvalue weighted by atomic mass is 79.9. The van der Waals surface area contributed by atoms with Crippen molar-refractivity contribution >= 4 is 15.9 Å². The van der Waals surface area contributed by atoms with Crippen LogP contribution in [-0.4, -0.2) is 6.61 Å². The van der Waals surface area contributed by atoms with Crippen LogP contribution in [0.25, 0.3) is 0 Å². The van der Waals surface area contributed by atoms with E-state index < -0.39 is 11.7 Å². The van der Waals surface area contributed by atoms with Gasteiger partial charge in [0.05, 0.1) is 12.2 Å². The lowest BCUT2D eigenvalue weighted by molar-refractivity contribution is -0.138. The number of rotatable bonds is 1. The van der Waals surface area contributed by atoms with Gasteiger partial charge in [0.25, 0.3) is 0 Å². The number of ether oxygens (including phenoxy) is 1. The fraction of sp³-hybridized carbons (Fsp3) is 0.333. The Morgan fingerprint density at radius 1 is 1.36 bits per heavy atom. The van der Waals surface area contributed by atoms with Crippen molar-refractivity contribution in [2.45, 2.75) is 12.3 Å². The van der Waals surface area contributed by atoms with Crippen molar-refractivity contribution in [2.24, 2.45) is 0 Å². The average Bonchev–Trinajstić information content (AvgIpc) is 2.85. The van der Waals surface area contributed by atoms with Crippen LogP contribution < -0.4 is 0 Å². The van der Waals surface area contributed by atoms with E-state index in [1.165, 1.54) is 6.07 Å². The Hall–Kier alpha value is -0.550. The van der Waals surface area contributed by atoms with Gasteiger partial charge in [0, 0.05) is 4.47 Å². The molecular weight excluding hydrogens is 261 g/mol. The van der Waals surface area contributed by atoms with Crippen LogP contribution >= 0.6 is 15.9 Å². The topological polar surface area (TPSA) is 12.5 Å². The van der Waals surface area contributed by atoms with Gasteiger partial charge in [-0.15, -0.1) is 0 Å². The van der Waals surface area contributed by atoms with E-state index in [1.807, 2.05) is 0 Å². The molecule has 1 aliphatic rings. The average molecular weight is 267 g/mol. The molecule has 0 aliphatic carbocycles. The molecule has 1 fully saturated rings. The first-order valence-corrected chi connectivity index (χ1v) is 4.76. The second-order valence-electron chi connectivity index (χ2n) is 3.05. The highest BCUT2D eigenvalue weighted by Crippen LogP contribution is 2.41. The zero-order valence-corrected chi connectivity index (χ0v) is 8.52. The molecule has 0 spiro atoms. The Morgan fingerprint density at radius 3 is 2.50 bits per heavy atom. The minimum absolute atomic E-state index is 0.223. The standard InChI is InChI=1S/C9H6BrF3O/c10-5-1-2-6(8-4-14-8)7(3-5)9(11,12)13/h1-3,8H,4H2/t8-/m0/s1. The van der Waals surface area contributed by atoms with E-state index in [0.29, 0.717) is 11.1 Å². The Morgan fingerprint density at radius 2 is 2.00 bits per heavy atom. The summed E-state index contributed by atoms with van der Waals surface area (Å²) < 4.78 is 42.9. The molecular formula is C9H6BrF3O. The summed E-state index contributed by atoms with van der Waals surface area (Å²) in [7, 11) is 0. The molecule has 0 radical (unpaired) electrons. The predicted octanol–water partition coefficient (Wildman–Crippen LogP) is 3.54. The van der Waals surface area contributed by atoms with Crippen LogP contribution in [0.3, 0.4) is 0 Å². The van der Waals surface area contributed by atoms with Crippen molar-refractivity contribution in [3.63, 3.8) is 0 Å². The van der Waals surface area contributed by atoms with E-state index in [4.69, 9.17) is 4.74 Å². The molecule has 0 saturated carbocycles. The molecule has 1 saturated heterocycles. The maximum Gasteiger partial charge on any atom is 0.416 e. The highest BCUT2D eigenvalue weighted by Gasteiger charge is 2.38. The van der Waals surface area contributed by atoms with E-state index >= 15 is 0 Å². The molecule has 5 heteroatoms. The molecule has 14 heavy (non-hydrogen) atoms. The summed E-state index contributed by atoms with van der Waals surface area (Å²) in [5, 5.41) is 0. The minimum Gasteiger partial charge on any atom is -0.368 e. The van der Waals surface area contributed by atoms with Crippen LogP contribution in [0.2, 0.25) is 0 Å². The zero-order valence-electron chi connectivity index (χ0n) is 6.94. The summed E-state index contributed by atoms with van der Waals surface area (Å²) in [5.41, 5.74) is -0.393. The fourth-order valence-corrected chi connectivity index (χ4v) is 1.64. The molecule has 0 N–H and O–H groups in total. The van der Waals surface area contributed by atoms with E-state index in [1.54, 1.807) is 6.07 Å². The number of epoxide rings is 1. The molecule has 0 aromatic heterocycles. The lowest BCUT2D eigenvalue weighted by atomic mass is 10.0. The molecule has 1 aromatic carbocycles. The summed E-state index contributed by atoms with van der Waals surface area (Å²) in [6, 6.07) is 4.12. The van der Waals surface area contributed by atoms with E-state index in [-0.39, 0.29) is 11.7 Å². The fourth-order valence-electron chi connectivity index (χ4n) is 1.28. The van der Waals surface area contributed by atoms with Gasteiger partial charge in [-0.3, -0.25) is 0 Å². The van der Waals surface area contributed by atoms with Gasteiger partial charge in [-0.2, -0.15) is 13.2 Å². The number of hydrogen-bond donors (Lipinski definition) is 0. The molecule has 1 atom stereocenters. The predicted molar refractivity (Wildman–Crippen MR) is 47.8 cm³/mol. The van der Waals surface area contributed by atoms with Gasteiger partial charge in [0.15, 0.2) is 0 Å². The van der Waals surface area contributed by atoms with E-state index in [2.05, 4.69) is 15.9 Å². The third kappa shape index (κ3) is 1.93. The molecule has 1 aliphatic heterocycles. The third-order valence-corrected chi connectivity index (χ3v) is 2.49. The molecule has 1 heterocycles. The van der Waals surface area contributed by atoms with E-state index in [0.717, 1.165) is 6.07 Å². The first-order chi connectivity index (χ1) is 6.48. The Kier molecular flexibility index (Phi) is 2.31. The summed E-state index contributed by atoms with van der Waals surface area (Å²) in [5.74, 6) is 0. The Labute approximate surface area is 87.0 Å². The van der Waals surface area contributed by atoms with Gasteiger partial charge in [-0.25, -0.2) is 0 Å². The number of alkyl halides is 3. The molecule has 0 unspecified atom stereocenters. The molecule has 2 rings (SSSR count). The van der Waals surface area contributed by atoms with Gasteiger partial charge >= 0.3 is 6.18 Å². The minimum atomic E-state index is -4.31. The van der Waals surface area contributed by atoms with Crippen LogP contribution in [0, 0.1) is 0 Å². The van der Waals surface area contributed by atoms with Crippen molar-refractivity contribution in [1.29, 1.82) is 0 Å². The maximum atomic E-state index is 12.5. The first kappa shape index (κ1) is 9.98. The quantitative estimate of drug-likeness (QED) is 0.709. The zero-order chi connectivity index (χ0) is 10.3. The first-order valence-electron chi connectivity index (χ1n) is 3.97. The van der Waals surface area contributed by atoms with Crippen LogP contribution in [0.1, 0.15) is 17.2 Å². The molecule has 1 nitrogen and oxygen atoms in total. The molecule has 1 aromatic rings. The maximum absolute atomic E-state index is 12.5. The Balaban J connectivity index is 2.48. The largest absolute Gasteiger partial charge is 0.416 e. The number of benzene rings is 1. The molecule has 0 bridgehead atoms. The van der Waals surface area contributed by atoms with Gasteiger partial charge in [0.1, 0.15) is 6.10 Å². The molecule has 76 valence electrons. The van der Waals surface area contributed by atoms with Crippen molar-refractivity contribution < 1.29 is 17.9 Å². The SMILES string of the molecule is FC(F)(F)c1cc(Br)ccc1[C@@H]1CO1. The van der Waals surface area contributed by atoms with Gasteiger partial charge in [-0.05, 0) is 17.7 Å². The van der Waals surface area contributed by atoms with Crippen molar-refractivity contribution in [2.75, 3.05) is 6.61 Å². The van der Waals surface area contributed by atoms with Crippen LogP contribution in [0.4, 0.5) is 13.2 Å². The highest BCUT2D eigenvalue weighted by molar-refractivity contribution is 9.10. The van der Waals surface area contributed by atoms with Crippen molar-refractivity contribution in [3.05, 3.63) is 33.8 Å². The van der Waals surface area contributed by atoms with Crippen LogP contribution in [-0.2, 0) is 10.9 Å². The Bertz CT molecular complexity index is 358. The van der Waals surface area contributed by atoms with Crippen molar-refractivity contribution in [3.8, 4) is 0 Å². The third-order valence-electron chi connectivity index (χ3n) is 2.00. The lowest BCUT2D eigenvalue weighted by Crippen LogP contribution is -2.08. The number of hydrogen-bond acceptors (Lipinski definition) is 1. The summed E-state index contributed by atoms with van der Waals surface area (Å²) in [6.07, 6.45) is -4.69. The summed E-state index contributed by atoms with van der Waals surface area (Å²) in [6.45, 7) is 0.380. The normalized spacial score (nSPS) is 21.0. The van der Waals surface area contributed by atoms with Crippen LogP contribution in [0.5, 0.6) is 0 Å². The summed E-state index contributed by atoms with van der Waals surface area (Å²) in [4.78, 5) is 0.